The Balaban J connectivity index is 0.000000313. The molecule has 154 valence electrons. The highest BCUT2D eigenvalue weighted by Gasteiger charge is 2.61. The van der Waals surface area contributed by atoms with E-state index in [2.05, 4.69) is 15.3 Å². The second kappa shape index (κ2) is 8.64. The van der Waals surface area contributed by atoms with Gasteiger partial charge in [-0.15, -0.1) is 0 Å². The van der Waals surface area contributed by atoms with Crippen LogP contribution < -0.4 is 11.1 Å². The lowest BCUT2D eigenvalue weighted by atomic mass is 9.94. The number of thioether (sulfide) groups is 1. The second-order valence-electron chi connectivity index (χ2n) is 6.28. The smallest absolute Gasteiger partial charge is 0.296 e. The summed E-state index contributed by atoms with van der Waals surface area (Å²) in [4.78, 5) is 30.3. The third-order valence-electron chi connectivity index (χ3n) is 4.14. The molecule has 1 aromatic heterocycles. The minimum absolute atomic E-state index is 0.117. The number of nitrogens with zero attached hydrogens (tertiary/aromatic N) is 2. The monoisotopic (exact) mass is 424 g/mol. The zero-order valence-corrected chi connectivity index (χ0v) is 16.7. The molecule has 1 unspecified atom stereocenters. The minimum atomic E-state index is -3.54. The number of aromatic nitrogens is 1. The van der Waals surface area contributed by atoms with E-state index in [4.69, 9.17) is 5.73 Å². The fourth-order valence-corrected chi connectivity index (χ4v) is 3.37. The molecule has 1 fully saturated rings. The van der Waals surface area contributed by atoms with Crippen LogP contribution in [-0.2, 0) is 10.7 Å². The lowest BCUT2D eigenvalue weighted by Crippen LogP contribution is -2.47. The largest absolute Gasteiger partial charge is 0.364 e. The number of aliphatic imine (C=N–C) groups is 1. The zero-order chi connectivity index (χ0) is 21.8. The van der Waals surface area contributed by atoms with Crippen LogP contribution in [0.1, 0.15) is 28.5 Å². The van der Waals surface area contributed by atoms with Crippen LogP contribution in [0, 0.1) is 12.7 Å². The van der Waals surface area contributed by atoms with E-state index in [-0.39, 0.29) is 16.7 Å². The van der Waals surface area contributed by atoms with Crippen LogP contribution in [-0.4, -0.2) is 33.8 Å². The van der Waals surface area contributed by atoms with E-state index < -0.39 is 28.0 Å². The van der Waals surface area contributed by atoms with Gasteiger partial charge >= 0.3 is 0 Å². The number of hydrogen-bond acceptors (Lipinski definition) is 5. The molecule has 3 N–H and O–H groups in total. The van der Waals surface area contributed by atoms with Crippen molar-refractivity contribution in [1.29, 1.82) is 0 Å². The first-order valence-corrected chi connectivity index (χ1v) is 9.16. The van der Waals surface area contributed by atoms with Crippen LogP contribution in [0.25, 0.3) is 0 Å². The van der Waals surface area contributed by atoms with E-state index in [1.165, 1.54) is 19.2 Å². The Labute approximate surface area is 169 Å². The second-order valence-corrected chi connectivity index (χ2v) is 7.69. The Morgan fingerprint density at radius 1 is 1.28 bits per heavy atom. The molecule has 1 atom stereocenters. The fourth-order valence-electron chi connectivity index (χ4n) is 2.36. The van der Waals surface area contributed by atoms with Gasteiger partial charge < -0.3 is 11.1 Å². The number of benzene rings is 1. The highest BCUT2D eigenvalue weighted by molar-refractivity contribution is 8.16. The molecule has 1 aliphatic rings. The minimum Gasteiger partial charge on any atom is -0.364 e. The van der Waals surface area contributed by atoms with E-state index >= 15 is 0 Å². The molecule has 0 spiro atoms. The number of rotatable bonds is 3. The molecule has 0 aliphatic carbocycles. The predicted molar refractivity (Wildman–Crippen MR) is 105 cm³/mol. The van der Waals surface area contributed by atoms with Crippen molar-refractivity contribution in [2.75, 3.05) is 7.05 Å². The number of hydrogen-bond donors (Lipinski definition) is 2. The van der Waals surface area contributed by atoms with Crippen molar-refractivity contribution < 1.29 is 22.8 Å². The molecule has 29 heavy (non-hydrogen) atoms. The van der Waals surface area contributed by atoms with Gasteiger partial charge in [0.05, 0.1) is 0 Å². The summed E-state index contributed by atoms with van der Waals surface area (Å²) in [5.41, 5.74) is 5.33. The molecule has 2 amide bonds. The van der Waals surface area contributed by atoms with Crippen LogP contribution in [0.3, 0.4) is 0 Å². The maximum atomic E-state index is 14.7. The summed E-state index contributed by atoms with van der Waals surface area (Å²) in [6.45, 7) is 3.05. The van der Waals surface area contributed by atoms with Gasteiger partial charge in [0.1, 0.15) is 11.5 Å². The SMILES string of the molecule is CN=C1NC(=O)C(C)(C(F)(F)c2ccnc(C(N)=O)c2)S1.Cc1ccc(F)cc1. The van der Waals surface area contributed by atoms with Crippen molar-refractivity contribution in [3.8, 4) is 0 Å². The van der Waals surface area contributed by atoms with E-state index in [0.717, 1.165) is 30.8 Å². The number of alkyl halides is 2. The Bertz CT molecular complexity index is 930. The Kier molecular flexibility index (Phi) is 6.68. The number of pyridine rings is 1. The Morgan fingerprint density at radius 3 is 2.38 bits per heavy atom. The lowest BCUT2D eigenvalue weighted by molar-refractivity contribution is -0.132. The first kappa shape index (κ1) is 22.4. The third kappa shape index (κ3) is 4.76. The number of halogens is 3. The van der Waals surface area contributed by atoms with Crippen molar-refractivity contribution >= 4 is 28.7 Å². The number of amides is 2. The number of nitrogens with one attached hydrogen (secondary N) is 1. The van der Waals surface area contributed by atoms with Crippen LogP contribution in [0.4, 0.5) is 13.2 Å². The van der Waals surface area contributed by atoms with Crippen molar-refractivity contribution in [3.63, 3.8) is 0 Å². The van der Waals surface area contributed by atoms with Gasteiger partial charge in [-0.1, -0.05) is 29.5 Å². The molecule has 2 aromatic rings. The van der Waals surface area contributed by atoms with Crippen molar-refractivity contribution in [3.05, 3.63) is 65.2 Å². The third-order valence-corrected chi connectivity index (χ3v) is 5.47. The summed E-state index contributed by atoms with van der Waals surface area (Å²) in [6, 6.07) is 8.34. The van der Waals surface area contributed by atoms with Gasteiger partial charge in [0.15, 0.2) is 9.91 Å². The molecule has 10 heteroatoms. The summed E-state index contributed by atoms with van der Waals surface area (Å²) in [5.74, 6) is -5.48. The van der Waals surface area contributed by atoms with Gasteiger partial charge in [-0.25, -0.2) is 4.39 Å². The number of primary amides is 1. The average molecular weight is 424 g/mol. The fraction of sp³-hybridized carbons (Fsp3) is 0.263. The maximum absolute atomic E-state index is 14.7. The van der Waals surface area contributed by atoms with E-state index in [1.54, 1.807) is 12.1 Å². The molecule has 3 rings (SSSR count). The average Bonchev–Trinajstić information content (AvgIpc) is 3.00. The summed E-state index contributed by atoms with van der Waals surface area (Å²) in [7, 11) is 1.39. The summed E-state index contributed by atoms with van der Waals surface area (Å²) < 4.78 is 39.5. The lowest BCUT2D eigenvalue weighted by Gasteiger charge is -2.30. The number of carbonyl (C=O) groups excluding carboxylic acids is 2. The van der Waals surface area contributed by atoms with Gasteiger partial charge in [-0.3, -0.25) is 19.6 Å². The Morgan fingerprint density at radius 2 is 1.90 bits per heavy atom. The van der Waals surface area contributed by atoms with Gasteiger partial charge in [0.25, 0.3) is 11.8 Å². The number of aryl methyl sites for hydroxylation is 1. The van der Waals surface area contributed by atoms with E-state index in [1.807, 2.05) is 6.92 Å². The first-order chi connectivity index (χ1) is 13.5. The molecule has 0 bridgehead atoms. The van der Waals surface area contributed by atoms with Crippen LogP contribution in [0.2, 0.25) is 0 Å². The first-order valence-electron chi connectivity index (χ1n) is 8.35. The van der Waals surface area contributed by atoms with E-state index in [9.17, 15) is 22.8 Å². The summed E-state index contributed by atoms with van der Waals surface area (Å²) >= 11 is 0.640. The van der Waals surface area contributed by atoms with Crippen molar-refractivity contribution in [1.82, 2.24) is 10.3 Å². The predicted octanol–water partition coefficient (Wildman–Crippen LogP) is 3.01. The number of nitrogens with two attached hydrogens (primary N) is 1. The quantitative estimate of drug-likeness (QED) is 0.792. The summed E-state index contributed by atoms with van der Waals surface area (Å²) in [5, 5.41) is 2.41. The molecule has 1 aromatic carbocycles. The number of carbonyl (C=O) groups is 2. The Hall–Kier alpha value is -2.88. The maximum Gasteiger partial charge on any atom is 0.296 e. The van der Waals surface area contributed by atoms with E-state index in [0.29, 0.717) is 11.8 Å². The number of amidine groups is 1. The molecule has 0 radical (unpaired) electrons. The van der Waals surface area contributed by atoms with Crippen molar-refractivity contribution in [2.45, 2.75) is 24.5 Å². The zero-order valence-electron chi connectivity index (χ0n) is 15.9. The van der Waals surface area contributed by atoms with Crippen LogP contribution in [0.5, 0.6) is 0 Å². The highest BCUT2D eigenvalue weighted by atomic mass is 32.2. The molecule has 0 saturated carbocycles. The van der Waals surface area contributed by atoms with Crippen LogP contribution >= 0.6 is 11.8 Å². The molecule has 1 saturated heterocycles. The molecule has 6 nitrogen and oxygen atoms in total. The molecule has 2 heterocycles. The summed E-state index contributed by atoms with van der Waals surface area (Å²) in [6.07, 6.45) is 1.05. The van der Waals surface area contributed by atoms with Gasteiger partial charge in [0, 0.05) is 18.8 Å². The van der Waals surface area contributed by atoms with Gasteiger partial charge in [-0.2, -0.15) is 8.78 Å². The normalized spacial score (nSPS) is 20.1. The highest BCUT2D eigenvalue weighted by Crippen LogP contribution is 2.50. The van der Waals surface area contributed by atoms with Crippen LogP contribution in [0.15, 0.2) is 47.6 Å². The molecular formula is C19H19F3N4O2S. The van der Waals surface area contributed by atoms with Gasteiger partial charge in [0.2, 0.25) is 5.91 Å². The topological polar surface area (TPSA) is 97.4 Å². The standard InChI is InChI=1S/C12H12F2N4O2S.C7H7F/c1-11(9(20)18-10(16-2)21-11)12(13,14)6-3-4-17-7(5-6)8(15)19;1-6-2-4-7(8)5-3-6/h3-5H,1-2H3,(H2,15,19)(H,16,18,20);2-5H,1H3. The molecule has 1 aliphatic heterocycles. The van der Waals surface area contributed by atoms with Gasteiger partial charge in [-0.05, 0) is 38.1 Å². The van der Waals surface area contributed by atoms with Crippen molar-refractivity contribution in [2.24, 2.45) is 10.7 Å². The molecular weight excluding hydrogens is 405 g/mol.